The summed E-state index contributed by atoms with van der Waals surface area (Å²) in [5.41, 5.74) is 1.76. The first kappa shape index (κ1) is 15.4. The zero-order chi connectivity index (χ0) is 17.3. The second-order valence-electron chi connectivity index (χ2n) is 5.92. The quantitative estimate of drug-likeness (QED) is 0.793. The Kier molecular flexibility index (Phi) is 3.76. The highest BCUT2D eigenvalue weighted by atomic mass is 19.1. The van der Waals surface area contributed by atoms with Crippen molar-refractivity contribution in [2.75, 3.05) is 6.54 Å². The van der Waals surface area contributed by atoms with E-state index in [9.17, 15) is 8.78 Å². The Balaban J connectivity index is 1.79. The summed E-state index contributed by atoms with van der Waals surface area (Å²) in [6.45, 7) is 0.413. The number of aromatic nitrogens is 1. The molecule has 0 spiro atoms. The molecule has 0 atom stereocenters. The summed E-state index contributed by atoms with van der Waals surface area (Å²) in [7, 11) is 0. The van der Waals surface area contributed by atoms with Crippen molar-refractivity contribution < 1.29 is 8.78 Å². The largest absolute Gasteiger partial charge is 0.353 e. The molecule has 2 aromatic carbocycles. The molecule has 1 aliphatic rings. The first-order valence-corrected chi connectivity index (χ1v) is 7.93. The Bertz CT molecular complexity index is 858. The minimum absolute atomic E-state index is 0.304. The average Bonchev–Trinajstić information content (AvgIpc) is 3.10. The van der Waals surface area contributed by atoms with Crippen LogP contribution in [0.2, 0.25) is 0 Å². The highest BCUT2D eigenvalue weighted by Gasteiger charge is 2.39. The molecular formula is C20H15F2N3. The molecule has 0 fully saturated rings. The standard InChI is InChI=1S/C20H15F2N3/c21-16-8-4-14(5-9-16)20(15-6-10-17(22)11-7-15)13-24-19(25-20)18-3-1-2-12-23-18/h1-12H,13H2,(H,24,25). The van der Waals surface area contributed by atoms with Gasteiger partial charge in [0.2, 0.25) is 0 Å². The van der Waals surface area contributed by atoms with Crippen LogP contribution in [0.5, 0.6) is 0 Å². The fourth-order valence-corrected chi connectivity index (χ4v) is 3.09. The predicted octanol–water partition coefficient (Wildman–Crippen LogP) is 3.65. The lowest BCUT2D eigenvalue weighted by atomic mass is 9.83. The van der Waals surface area contributed by atoms with Crippen molar-refractivity contribution in [1.82, 2.24) is 10.3 Å². The lowest BCUT2D eigenvalue weighted by Crippen LogP contribution is -2.44. The van der Waals surface area contributed by atoms with Crippen LogP contribution in [0.25, 0.3) is 0 Å². The number of nitrogens with one attached hydrogen (secondary N) is 1. The van der Waals surface area contributed by atoms with E-state index < -0.39 is 5.54 Å². The third kappa shape index (κ3) is 2.78. The van der Waals surface area contributed by atoms with E-state index >= 15 is 0 Å². The van der Waals surface area contributed by atoms with Gasteiger partial charge in [0, 0.05) is 6.20 Å². The molecular weight excluding hydrogens is 320 g/mol. The molecule has 0 saturated carbocycles. The van der Waals surface area contributed by atoms with Crippen LogP contribution in [0, 0.1) is 11.6 Å². The molecule has 0 amide bonds. The van der Waals surface area contributed by atoms with Crippen LogP contribution >= 0.6 is 0 Å². The highest BCUT2D eigenvalue weighted by Crippen LogP contribution is 2.34. The van der Waals surface area contributed by atoms with Gasteiger partial charge in [0.1, 0.15) is 28.7 Å². The van der Waals surface area contributed by atoms with E-state index in [-0.39, 0.29) is 11.6 Å². The highest BCUT2D eigenvalue weighted by molar-refractivity contribution is 5.99. The van der Waals surface area contributed by atoms with Crippen molar-refractivity contribution >= 4 is 5.84 Å². The summed E-state index contributed by atoms with van der Waals surface area (Å²) in [6.07, 6.45) is 1.70. The monoisotopic (exact) mass is 335 g/mol. The Labute approximate surface area is 144 Å². The fourth-order valence-electron chi connectivity index (χ4n) is 3.09. The lowest BCUT2D eigenvalue weighted by Gasteiger charge is -2.31. The number of rotatable bonds is 3. The normalized spacial score (nSPS) is 15.5. The van der Waals surface area contributed by atoms with Crippen molar-refractivity contribution in [2.24, 2.45) is 4.99 Å². The molecule has 0 radical (unpaired) electrons. The molecule has 0 unspecified atom stereocenters. The minimum Gasteiger partial charge on any atom is -0.353 e. The Morgan fingerprint density at radius 2 is 1.40 bits per heavy atom. The van der Waals surface area contributed by atoms with Gasteiger partial charge in [0.25, 0.3) is 0 Å². The zero-order valence-electron chi connectivity index (χ0n) is 13.3. The van der Waals surface area contributed by atoms with Gasteiger partial charge in [-0.25, -0.2) is 8.78 Å². The van der Waals surface area contributed by atoms with Gasteiger partial charge in [-0.2, -0.15) is 0 Å². The van der Waals surface area contributed by atoms with E-state index in [0.717, 1.165) is 16.8 Å². The second kappa shape index (κ2) is 6.09. The lowest BCUT2D eigenvalue weighted by molar-refractivity contribution is 0.519. The molecule has 0 bridgehead atoms. The molecule has 0 aliphatic carbocycles. The predicted molar refractivity (Wildman–Crippen MR) is 92.4 cm³/mol. The molecule has 1 aliphatic heterocycles. The Morgan fingerprint density at radius 1 is 0.800 bits per heavy atom. The molecule has 5 heteroatoms. The summed E-state index contributed by atoms with van der Waals surface area (Å²) in [5, 5.41) is 3.43. The zero-order valence-corrected chi connectivity index (χ0v) is 13.3. The van der Waals surface area contributed by atoms with E-state index in [2.05, 4.69) is 15.3 Å². The second-order valence-corrected chi connectivity index (χ2v) is 5.92. The maximum Gasteiger partial charge on any atom is 0.148 e. The third-order valence-corrected chi connectivity index (χ3v) is 4.39. The van der Waals surface area contributed by atoms with E-state index in [1.54, 1.807) is 30.5 Å². The Morgan fingerprint density at radius 3 is 1.92 bits per heavy atom. The van der Waals surface area contributed by atoms with Crippen LogP contribution in [0.4, 0.5) is 8.78 Å². The van der Waals surface area contributed by atoms with Gasteiger partial charge in [-0.05, 0) is 47.5 Å². The van der Waals surface area contributed by atoms with Crippen LogP contribution in [-0.2, 0) is 5.54 Å². The van der Waals surface area contributed by atoms with Gasteiger partial charge in [0.05, 0.1) is 6.54 Å². The Hall–Kier alpha value is -3.08. The molecule has 3 nitrogen and oxygen atoms in total. The SMILES string of the molecule is Fc1ccc(C2(c3ccc(F)cc3)CN=C(c3ccccn3)N2)cc1. The van der Waals surface area contributed by atoms with E-state index in [4.69, 9.17) is 0 Å². The topological polar surface area (TPSA) is 37.3 Å². The molecule has 0 saturated heterocycles. The minimum atomic E-state index is -0.686. The number of benzene rings is 2. The van der Waals surface area contributed by atoms with E-state index in [0.29, 0.717) is 12.4 Å². The van der Waals surface area contributed by atoms with E-state index in [1.165, 1.54) is 24.3 Å². The van der Waals surface area contributed by atoms with Crippen molar-refractivity contribution in [3.63, 3.8) is 0 Å². The summed E-state index contributed by atoms with van der Waals surface area (Å²) in [5.74, 6) is 0.0537. The van der Waals surface area contributed by atoms with Gasteiger partial charge in [0.15, 0.2) is 0 Å². The van der Waals surface area contributed by atoms with Gasteiger partial charge < -0.3 is 5.32 Å². The van der Waals surface area contributed by atoms with Crippen molar-refractivity contribution in [3.8, 4) is 0 Å². The number of pyridine rings is 1. The number of hydrogen-bond donors (Lipinski definition) is 1. The van der Waals surface area contributed by atoms with Crippen molar-refractivity contribution in [3.05, 3.63) is 101 Å². The molecule has 124 valence electrons. The summed E-state index contributed by atoms with van der Waals surface area (Å²) in [4.78, 5) is 8.94. The van der Waals surface area contributed by atoms with Crippen LogP contribution in [0.1, 0.15) is 16.8 Å². The van der Waals surface area contributed by atoms with Gasteiger partial charge in [-0.1, -0.05) is 30.3 Å². The maximum absolute atomic E-state index is 13.4. The first-order chi connectivity index (χ1) is 12.2. The van der Waals surface area contributed by atoms with Crippen LogP contribution in [0.3, 0.4) is 0 Å². The van der Waals surface area contributed by atoms with Crippen molar-refractivity contribution in [1.29, 1.82) is 0 Å². The summed E-state index contributed by atoms with van der Waals surface area (Å²) >= 11 is 0. The van der Waals surface area contributed by atoms with E-state index in [1.807, 2.05) is 18.2 Å². The maximum atomic E-state index is 13.4. The smallest absolute Gasteiger partial charge is 0.148 e. The number of aliphatic imine (C=N–C) groups is 1. The summed E-state index contributed by atoms with van der Waals surface area (Å²) in [6, 6.07) is 18.2. The average molecular weight is 335 g/mol. The van der Waals surface area contributed by atoms with Crippen LogP contribution in [0.15, 0.2) is 77.9 Å². The molecule has 1 aromatic heterocycles. The summed E-state index contributed by atoms with van der Waals surface area (Å²) < 4.78 is 26.8. The van der Waals surface area contributed by atoms with Gasteiger partial charge in [-0.3, -0.25) is 9.98 Å². The molecule has 3 aromatic rings. The van der Waals surface area contributed by atoms with Crippen LogP contribution in [-0.4, -0.2) is 17.4 Å². The molecule has 4 rings (SSSR count). The van der Waals surface area contributed by atoms with Crippen molar-refractivity contribution in [2.45, 2.75) is 5.54 Å². The van der Waals surface area contributed by atoms with Gasteiger partial charge >= 0.3 is 0 Å². The molecule has 25 heavy (non-hydrogen) atoms. The molecule has 1 N–H and O–H groups in total. The third-order valence-electron chi connectivity index (χ3n) is 4.39. The number of amidine groups is 1. The number of nitrogens with zero attached hydrogens (tertiary/aromatic N) is 2. The fraction of sp³-hybridized carbons (Fsp3) is 0.100. The number of halogens is 2. The first-order valence-electron chi connectivity index (χ1n) is 7.93. The number of hydrogen-bond acceptors (Lipinski definition) is 3. The van der Waals surface area contributed by atoms with Gasteiger partial charge in [-0.15, -0.1) is 0 Å². The molecule has 2 heterocycles. The van der Waals surface area contributed by atoms with Crippen LogP contribution < -0.4 is 5.32 Å².